The molecule has 0 atom stereocenters. The second kappa shape index (κ2) is 9.03. The van der Waals surface area contributed by atoms with Crippen molar-refractivity contribution < 1.29 is 23.7 Å². The van der Waals surface area contributed by atoms with Crippen LogP contribution in [0.3, 0.4) is 0 Å². The number of nitrogens with one attached hydrogen (secondary N) is 1. The molecule has 1 aromatic heterocycles. The molecule has 0 fully saturated rings. The number of methoxy groups -OCH3 is 4. The van der Waals surface area contributed by atoms with E-state index in [2.05, 4.69) is 10.3 Å². The third-order valence-corrected chi connectivity index (χ3v) is 6.11. The summed E-state index contributed by atoms with van der Waals surface area (Å²) in [6.07, 6.45) is 0. The zero-order valence-electron chi connectivity index (χ0n) is 16.9. The van der Waals surface area contributed by atoms with Gasteiger partial charge in [-0.2, -0.15) is 0 Å². The number of rotatable bonds is 7. The van der Waals surface area contributed by atoms with Gasteiger partial charge in [-0.3, -0.25) is 0 Å². The SMILES string of the molecule is COc1ccc(-c2nc[se]c2-c2cc(OC)c(OC)c(OC)c2)cc1NC(C)=O. The fourth-order valence-electron chi connectivity index (χ4n) is 3.01. The van der Waals surface area contributed by atoms with E-state index in [1.165, 1.54) is 6.92 Å². The minimum absolute atomic E-state index is 0.0358. The number of carbonyl (C=O) groups is 1. The van der Waals surface area contributed by atoms with Crippen LogP contribution in [0, 0.1) is 0 Å². The molecule has 0 unspecified atom stereocenters. The maximum absolute atomic E-state index is 11.6. The van der Waals surface area contributed by atoms with E-state index in [0.717, 1.165) is 21.3 Å². The normalized spacial score (nSPS) is 10.4. The Hall–Kier alpha value is -2.96. The van der Waals surface area contributed by atoms with Gasteiger partial charge in [0, 0.05) is 0 Å². The minimum atomic E-state index is -0.168. The molecule has 0 saturated carbocycles. The van der Waals surface area contributed by atoms with Crippen LogP contribution in [0.15, 0.2) is 35.4 Å². The Labute approximate surface area is 175 Å². The van der Waals surface area contributed by atoms with Crippen LogP contribution < -0.4 is 24.3 Å². The first-order valence-electron chi connectivity index (χ1n) is 8.72. The molecule has 0 radical (unpaired) electrons. The molecular formula is C21H22N2O5Se. The molecular weight excluding hydrogens is 439 g/mol. The molecule has 0 saturated heterocycles. The number of benzene rings is 2. The van der Waals surface area contributed by atoms with Gasteiger partial charge in [-0.1, -0.05) is 0 Å². The monoisotopic (exact) mass is 462 g/mol. The Bertz CT molecular complexity index is 1010. The first-order valence-corrected chi connectivity index (χ1v) is 10.6. The van der Waals surface area contributed by atoms with Gasteiger partial charge < -0.3 is 0 Å². The Morgan fingerprint density at radius 1 is 0.897 bits per heavy atom. The third-order valence-electron chi connectivity index (χ3n) is 4.28. The number of aromatic nitrogens is 1. The Morgan fingerprint density at radius 2 is 1.55 bits per heavy atom. The molecule has 0 aliphatic rings. The van der Waals surface area contributed by atoms with Crippen LogP contribution in [0.2, 0.25) is 0 Å². The van der Waals surface area contributed by atoms with Gasteiger partial charge in [0.2, 0.25) is 0 Å². The van der Waals surface area contributed by atoms with E-state index in [4.69, 9.17) is 18.9 Å². The van der Waals surface area contributed by atoms with Gasteiger partial charge in [-0.25, -0.2) is 0 Å². The van der Waals surface area contributed by atoms with E-state index in [-0.39, 0.29) is 20.4 Å². The van der Waals surface area contributed by atoms with Crippen molar-refractivity contribution in [2.75, 3.05) is 33.8 Å². The second-order valence-corrected chi connectivity index (χ2v) is 7.83. The maximum atomic E-state index is 11.6. The molecule has 0 spiro atoms. The second-order valence-electron chi connectivity index (χ2n) is 6.04. The number of hydrogen-bond acceptors (Lipinski definition) is 6. The van der Waals surface area contributed by atoms with Gasteiger partial charge >= 0.3 is 175 Å². The molecule has 8 heteroatoms. The molecule has 0 aliphatic heterocycles. The molecule has 3 rings (SSSR count). The summed E-state index contributed by atoms with van der Waals surface area (Å²) in [5.74, 6) is 2.14. The molecule has 3 aromatic rings. The Balaban J connectivity index is 2.12. The zero-order chi connectivity index (χ0) is 21.0. The summed E-state index contributed by atoms with van der Waals surface area (Å²) in [6, 6.07) is 9.46. The van der Waals surface area contributed by atoms with Crippen LogP contribution in [-0.4, -0.2) is 53.8 Å². The summed E-state index contributed by atoms with van der Waals surface area (Å²) in [6.45, 7) is 1.46. The first kappa shape index (κ1) is 20.8. The number of ether oxygens (including phenoxy) is 4. The van der Waals surface area contributed by atoms with Gasteiger partial charge in [0.15, 0.2) is 0 Å². The average Bonchev–Trinajstić information content (AvgIpc) is 3.22. The molecule has 1 N–H and O–H groups in total. The molecule has 29 heavy (non-hydrogen) atoms. The molecule has 2 aromatic carbocycles. The fourth-order valence-corrected chi connectivity index (χ4v) is 4.69. The van der Waals surface area contributed by atoms with Crippen LogP contribution in [0.5, 0.6) is 23.0 Å². The van der Waals surface area contributed by atoms with Crippen LogP contribution in [0.4, 0.5) is 5.69 Å². The van der Waals surface area contributed by atoms with Crippen molar-refractivity contribution in [3.05, 3.63) is 35.4 Å². The van der Waals surface area contributed by atoms with Gasteiger partial charge in [0.1, 0.15) is 0 Å². The van der Waals surface area contributed by atoms with E-state index < -0.39 is 0 Å². The number of anilines is 1. The van der Waals surface area contributed by atoms with Crippen molar-refractivity contribution in [2.24, 2.45) is 0 Å². The van der Waals surface area contributed by atoms with E-state index in [1.807, 2.05) is 35.4 Å². The molecule has 0 aliphatic carbocycles. The molecule has 7 nitrogen and oxygen atoms in total. The summed E-state index contributed by atoms with van der Waals surface area (Å²) in [7, 11) is 6.33. The van der Waals surface area contributed by atoms with Crippen molar-refractivity contribution in [1.82, 2.24) is 4.98 Å². The summed E-state index contributed by atoms with van der Waals surface area (Å²) in [5, 5.41) is 4.72. The van der Waals surface area contributed by atoms with Gasteiger partial charge in [0.25, 0.3) is 0 Å². The number of hydrogen-bond donors (Lipinski definition) is 1. The number of amides is 1. The Kier molecular flexibility index (Phi) is 6.46. The van der Waals surface area contributed by atoms with Gasteiger partial charge in [0.05, 0.1) is 0 Å². The van der Waals surface area contributed by atoms with Gasteiger partial charge in [-0.05, 0) is 0 Å². The van der Waals surface area contributed by atoms with Crippen LogP contribution in [0.1, 0.15) is 6.92 Å². The number of nitrogens with zero attached hydrogens (tertiary/aromatic N) is 1. The standard InChI is InChI=1S/C21H22N2O5Se/c1-12(24)23-15-8-13(6-7-16(15)25-2)19-21(29-11-22-19)14-9-17(26-3)20(28-5)18(10-14)27-4/h6-11H,1-5H3,(H,23,24). The van der Waals surface area contributed by atoms with Crippen molar-refractivity contribution in [3.63, 3.8) is 0 Å². The average molecular weight is 461 g/mol. The van der Waals surface area contributed by atoms with Crippen LogP contribution >= 0.6 is 0 Å². The van der Waals surface area contributed by atoms with Gasteiger partial charge in [-0.15, -0.1) is 0 Å². The van der Waals surface area contributed by atoms with Crippen LogP contribution in [0.25, 0.3) is 21.3 Å². The molecule has 152 valence electrons. The summed E-state index contributed by atoms with van der Waals surface area (Å²) >= 11 is 0.0358. The molecule has 1 amide bonds. The van der Waals surface area contributed by atoms with E-state index in [9.17, 15) is 4.79 Å². The first-order chi connectivity index (χ1) is 14.0. The summed E-state index contributed by atoms with van der Waals surface area (Å²) in [5.41, 5.74) is 3.27. The van der Waals surface area contributed by atoms with E-state index in [1.54, 1.807) is 28.4 Å². The van der Waals surface area contributed by atoms with Crippen molar-refractivity contribution >= 4 is 26.1 Å². The summed E-state index contributed by atoms with van der Waals surface area (Å²) in [4.78, 5) is 16.2. The van der Waals surface area contributed by atoms with E-state index >= 15 is 0 Å². The number of carbonyl (C=O) groups excluding carboxylic acids is 1. The van der Waals surface area contributed by atoms with Crippen molar-refractivity contribution in [3.8, 4) is 44.3 Å². The Morgan fingerprint density at radius 3 is 2.10 bits per heavy atom. The van der Waals surface area contributed by atoms with Crippen LogP contribution in [-0.2, 0) is 4.79 Å². The van der Waals surface area contributed by atoms with Crippen molar-refractivity contribution in [1.29, 1.82) is 0 Å². The zero-order valence-corrected chi connectivity index (χ0v) is 18.6. The quantitative estimate of drug-likeness (QED) is 0.543. The van der Waals surface area contributed by atoms with Crippen molar-refractivity contribution in [2.45, 2.75) is 6.92 Å². The molecule has 0 bridgehead atoms. The van der Waals surface area contributed by atoms with E-state index in [0.29, 0.717) is 28.7 Å². The fraction of sp³-hybridized carbons (Fsp3) is 0.238. The molecule has 1 heterocycles. The topological polar surface area (TPSA) is 78.9 Å². The predicted molar refractivity (Wildman–Crippen MR) is 113 cm³/mol. The summed E-state index contributed by atoms with van der Waals surface area (Å²) < 4.78 is 22.8. The third kappa shape index (κ3) is 4.23. The predicted octanol–water partition coefficient (Wildman–Crippen LogP) is 3.47.